The average molecular weight is 280 g/mol. The Kier molecular flexibility index (Phi) is 3.75. The van der Waals surface area contributed by atoms with Gasteiger partial charge in [-0.05, 0) is 51.0 Å². The number of likely N-dealkylation sites (tertiary alicyclic amines) is 1. The van der Waals surface area contributed by atoms with Crippen molar-refractivity contribution >= 4 is 0 Å². The van der Waals surface area contributed by atoms with Crippen LogP contribution in [-0.4, -0.2) is 62.0 Å². The van der Waals surface area contributed by atoms with Gasteiger partial charge in [0, 0.05) is 45.0 Å². The molecule has 4 nitrogen and oxygen atoms in total. The Morgan fingerprint density at radius 1 is 1.05 bits per heavy atom. The summed E-state index contributed by atoms with van der Waals surface area (Å²) in [6.45, 7) is 6.53. The van der Waals surface area contributed by atoms with Crippen LogP contribution in [0.5, 0.6) is 0 Å². The lowest BCUT2D eigenvalue weighted by Crippen LogP contribution is -2.51. The van der Waals surface area contributed by atoms with Crippen LogP contribution in [0.25, 0.3) is 0 Å². The first-order valence-corrected chi connectivity index (χ1v) is 8.54. The van der Waals surface area contributed by atoms with E-state index >= 15 is 0 Å². The molecule has 0 bridgehead atoms. The van der Waals surface area contributed by atoms with Crippen molar-refractivity contribution in [1.82, 2.24) is 10.2 Å². The predicted octanol–water partition coefficient (Wildman–Crippen LogP) is 1.40. The summed E-state index contributed by atoms with van der Waals surface area (Å²) in [5.41, 5.74) is 0.141. The van der Waals surface area contributed by atoms with Gasteiger partial charge in [0.2, 0.25) is 0 Å². The number of fused-ring (bicyclic) bond motifs is 1. The van der Waals surface area contributed by atoms with Gasteiger partial charge in [-0.2, -0.15) is 0 Å². The van der Waals surface area contributed by atoms with Gasteiger partial charge < -0.3 is 14.8 Å². The monoisotopic (exact) mass is 280 g/mol. The zero-order valence-corrected chi connectivity index (χ0v) is 12.5. The maximum absolute atomic E-state index is 6.19. The van der Waals surface area contributed by atoms with Crippen LogP contribution in [-0.2, 0) is 9.47 Å². The summed E-state index contributed by atoms with van der Waals surface area (Å²) in [6.07, 6.45) is 7.45. The second-order valence-electron chi connectivity index (χ2n) is 7.21. The third-order valence-corrected chi connectivity index (χ3v) is 6.01. The Hall–Kier alpha value is -0.160. The number of nitrogens with one attached hydrogen (secondary N) is 1. The first-order valence-electron chi connectivity index (χ1n) is 8.54. The first kappa shape index (κ1) is 13.5. The fraction of sp³-hybridized carbons (Fsp3) is 1.00. The van der Waals surface area contributed by atoms with Crippen molar-refractivity contribution in [2.45, 2.75) is 56.2 Å². The highest BCUT2D eigenvalue weighted by Gasteiger charge is 2.44. The lowest BCUT2D eigenvalue weighted by molar-refractivity contribution is -0.150. The first-order chi connectivity index (χ1) is 9.85. The molecule has 1 spiro atoms. The minimum absolute atomic E-state index is 0.141. The molecule has 0 aromatic carbocycles. The Balaban J connectivity index is 1.41. The molecule has 1 N–H and O–H groups in total. The van der Waals surface area contributed by atoms with Crippen LogP contribution in [0.3, 0.4) is 0 Å². The largest absolute Gasteiger partial charge is 0.381 e. The fourth-order valence-electron chi connectivity index (χ4n) is 4.78. The van der Waals surface area contributed by atoms with Crippen molar-refractivity contribution in [2.75, 3.05) is 39.5 Å². The Morgan fingerprint density at radius 3 is 2.80 bits per heavy atom. The molecule has 3 unspecified atom stereocenters. The Bertz CT molecular complexity index is 324. The van der Waals surface area contributed by atoms with Gasteiger partial charge in [-0.15, -0.1) is 0 Å². The molecule has 4 heteroatoms. The smallest absolute Gasteiger partial charge is 0.0741 e. The highest BCUT2D eigenvalue weighted by atomic mass is 16.5. The maximum Gasteiger partial charge on any atom is 0.0741 e. The molecule has 114 valence electrons. The molecule has 4 rings (SSSR count). The number of nitrogens with zero attached hydrogens (tertiary/aromatic N) is 1. The molecule has 0 aromatic rings. The topological polar surface area (TPSA) is 33.7 Å². The summed E-state index contributed by atoms with van der Waals surface area (Å²) in [5.74, 6) is 0.900. The van der Waals surface area contributed by atoms with Crippen LogP contribution in [0.4, 0.5) is 0 Å². The van der Waals surface area contributed by atoms with E-state index in [1.54, 1.807) is 0 Å². The van der Waals surface area contributed by atoms with Crippen molar-refractivity contribution in [1.29, 1.82) is 0 Å². The molecule has 4 fully saturated rings. The van der Waals surface area contributed by atoms with Gasteiger partial charge in [-0.3, -0.25) is 4.90 Å². The molecule has 20 heavy (non-hydrogen) atoms. The van der Waals surface area contributed by atoms with E-state index in [4.69, 9.17) is 9.47 Å². The van der Waals surface area contributed by atoms with Crippen LogP contribution in [0, 0.1) is 5.92 Å². The quantitative estimate of drug-likeness (QED) is 0.787. The highest BCUT2D eigenvalue weighted by Crippen LogP contribution is 2.38. The van der Waals surface area contributed by atoms with E-state index in [1.165, 1.54) is 45.3 Å². The standard InChI is InChI=1S/C16H28N2O2/c1-2-13-11-18(12-15(13)17-6-1)14-3-7-20-16(10-14)4-8-19-9-5-16/h13-15,17H,1-12H2. The fourth-order valence-corrected chi connectivity index (χ4v) is 4.78. The number of rotatable bonds is 1. The predicted molar refractivity (Wildman–Crippen MR) is 77.8 cm³/mol. The minimum atomic E-state index is 0.141. The molecule has 0 aliphatic carbocycles. The molecule has 4 heterocycles. The highest BCUT2D eigenvalue weighted by molar-refractivity contribution is 4.98. The van der Waals surface area contributed by atoms with Gasteiger partial charge in [-0.1, -0.05) is 0 Å². The lowest BCUT2D eigenvalue weighted by Gasteiger charge is -2.45. The van der Waals surface area contributed by atoms with Crippen LogP contribution >= 0.6 is 0 Å². The Labute approximate surface area is 122 Å². The summed E-state index contributed by atoms with van der Waals surface area (Å²) in [6, 6.07) is 1.51. The summed E-state index contributed by atoms with van der Waals surface area (Å²) in [5, 5.41) is 3.73. The molecular formula is C16H28N2O2. The third kappa shape index (κ3) is 2.52. The van der Waals surface area contributed by atoms with Gasteiger partial charge in [0.1, 0.15) is 0 Å². The molecule has 0 radical (unpaired) electrons. The normalized spacial score (nSPS) is 41.7. The van der Waals surface area contributed by atoms with E-state index in [1.807, 2.05) is 0 Å². The molecule has 4 aliphatic heterocycles. The molecule has 3 atom stereocenters. The van der Waals surface area contributed by atoms with Crippen molar-refractivity contribution in [3.05, 3.63) is 0 Å². The van der Waals surface area contributed by atoms with Gasteiger partial charge in [0.15, 0.2) is 0 Å². The van der Waals surface area contributed by atoms with Gasteiger partial charge in [0.05, 0.1) is 5.60 Å². The molecular weight excluding hydrogens is 252 g/mol. The average Bonchev–Trinajstić information content (AvgIpc) is 2.92. The second-order valence-corrected chi connectivity index (χ2v) is 7.21. The SMILES string of the molecule is C1CNC2CN(C3CCOC4(CCOCC4)C3)CC2C1. The zero-order chi connectivity index (χ0) is 13.4. The van der Waals surface area contributed by atoms with E-state index in [9.17, 15) is 0 Å². The van der Waals surface area contributed by atoms with E-state index in [0.717, 1.165) is 50.7 Å². The minimum Gasteiger partial charge on any atom is -0.381 e. The number of piperidine rings is 1. The van der Waals surface area contributed by atoms with Crippen molar-refractivity contribution in [2.24, 2.45) is 5.92 Å². The summed E-state index contributed by atoms with van der Waals surface area (Å²) < 4.78 is 11.7. The second kappa shape index (κ2) is 5.56. The molecule has 0 saturated carbocycles. The van der Waals surface area contributed by atoms with Crippen LogP contribution in [0.1, 0.15) is 38.5 Å². The number of ether oxygens (including phenoxy) is 2. The summed E-state index contributed by atoms with van der Waals surface area (Å²) in [7, 11) is 0. The lowest BCUT2D eigenvalue weighted by atomic mass is 9.83. The van der Waals surface area contributed by atoms with Gasteiger partial charge in [-0.25, -0.2) is 0 Å². The van der Waals surface area contributed by atoms with E-state index in [2.05, 4.69) is 10.2 Å². The van der Waals surface area contributed by atoms with Crippen LogP contribution in [0.15, 0.2) is 0 Å². The van der Waals surface area contributed by atoms with Crippen LogP contribution < -0.4 is 5.32 Å². The van der Waals surface area contributed by atoms with E-state index in [0.29, 0.717) is 0 Å². The number of hydrogen-bond acceptors (Lipinski definition) is 4. The third-order valence-electron chi connectivity index (χ3n) is 6.01. The molecule has 0 aromatic heterocycles. The van der Waals surface area contributed by atoms with E-state index < -0.39 is 0 Å². The van der Waals surface area contributed by atoms with Crippen molar-refractivity contribution < 1.29 is 9.47 Å². The van der Waals surface area contributed by atoms with E-state index in [-0.39, 0.29) is 5.60 Å². The van der Waals surface area contributed by atoms with Gasteiger partial charge in [0.25, 0.3) is 0 Å². The summed E-state index contributed by atoms with van der Waals surface area (Å²) >= 11 is 0. The zero-order valence-electron chi connectivity index (χ0n) is 12.5. The summed E-state index contributed by atoms with van der Waals surface area (Å²) in [4.78, 5) is 2.77. The van der Waals surface area contributed by atoms with Crippen LogP contribution in [0.2, 0.25) is 0 Å². The van der Waals surface area contributed by atoms with Gasteiger partial charge >= 0.3 is 0 Å². The molecule has 4 aliphatic rings. The molecule has 0 amide bonds. The Morgan fingerprint density at radius 2 is 1.95 bits per heavy atom. The van der Waals surface area contributed by atoms with Crippen molar-refractivity contribution in [3.63, 3.8) is 0 Å². The maximum atomic E-state index is 6.19. The van der Waals surface area contributed by atoms with Crippen molar-refractivity contribution in [3.8, 4) is 0 Å². The number of hydrogen-bond donors (Lipinski definition) is 1. The molecule has 4 saturated heterocycles.